The van der Waals surface area contributed by atoms with Crippen LogP contribution in [0.15, 0.2) is 70.3 Å². The molecule has 10 heteroatoms. The normalized spacial score (nSPS) is 18.4. The van der Waals surface area contributed by atoms with Crippen molar-refractivity contribution in [3.63, 3.8) is 0 Å². The van der Waals surface area contributed by atoms with Gasteiger partial charge in [-0.1, -0.05) is 63.3 Å². The van der Waals surface area contributed by atoms with Crippen LogP contribution in [0.3, 0.4) is 0 Å². The summed E-state index contributed by atoms with van der Waals surface area (Å²) in [6.07, 6.45) is 2.53. The molecule has 0 saturated heterocycles. The number of benzene rings is 3. The lowest BCUT2D eigenvalue weighted by Crippen LogP contribution is -2.22. The van der Waals surface area contributed by atoms with E-state index in [0.717, 1.165) is 35.3 Å². The highest BCUT2D eigenvalue weighted by Gasteiger charge is 2.38. The predicted molar refractivity (Wildman–Crippen MR) is 153 cm³/mol. The Labute approximate surface area is 245 Å². The van der Waals surface area contributed by atoms with Gasteiger partial charge < -0.3 is 19.2 Å². The zero-order chi connectivity index (χ0) is 28.0. The minimum absolute atomic E-state index is 0.204. The first-order valence-electron chi connectivity index (χ1n) is 12.7. The minimum atomic E-state index is -0.980. The zero-order valence-corrected chi connectivity index (χ0v) is 23.6. The Balaban J connectivity index is 1.20. The molecule has 0 radical (unpaired) electrons. The number of oxime groups is 1. The van der Waals surface area contributed by atoms with Crippen molar-refractivity contribution in [3.8, 4) is 17.0 Å². The third-order valence-corrected chi connectivity index (χ3v) is 8.13. The van der Waals surface area contributed by atoms with Crippen molar-refractivity contribution < 1.29 is 24.0 Å². The summed E-state index contributed by atoms with van der Waals surface area (Å²) in [7, 11) is 0. The molecule has 0 spiro atoms. The van der Waals surface area contributed by atoms with Crippen LogP contribution >= 0.6 is 34.8 Å². The van der Waals surface area contributed by atoms with E-state index in [4.69, 9.17) is 54.0 Å². The van der Waals surface area contributed by atoms with Crippen LogP contribution in [0.5, 0.6) is 5.75 Å². The van der Waals surface area contributed by atoms with E-state index in [-0.39, 0.29) is 12.2 Å². The van der Waals surface area contributed by atoms with E-state index in [2.05, 4.69) is 10.3 Å². The van der Waals surface area contributed by atoms with E-state index in [1.54, 1.807) is 48.5 Å². The van der Waals surface area contributed by atoms with E-state index in [9.17, 15) is 4.79 Å². The summed E-state index contributed by atoms with van der Waals surface area (Å²) in [6, 6.07) is 17.3. The van der Waals surface area contributed by atoms with Crippen molar-refractivity contribution in [1.82, 2.24) is 5.16 Å². The highest BCUT2D eigenvalue weighted by atomic mass is 35.5. The summed E-state index contributed by atoms with van der Waals surface area (Å²) in [5.41, 5.74) is 3.69. The van der Waals surface area contributed by atoms with Crippen LogP contribution in [0.2, 0.25) is 15.1 Å². The summed E-state index contributed by atoms with van der Waals surface area (Å²) >= 11 is 19.7. The maximum atomic E-state index is 11.2. The van der Waals surface area contributed by atoms with Crippen LogP contribution in [0.4, 0.5) is 0 Å². The molecule has 1 unspecified atom stereocenters. The molecule has 6 rings (SSSR count). The van der Waals surface area contributed by atoms with Crippen molar-refractivity contribution >= 4 is 46.5 Å². The van der Waals surface area contributed by atoms with Gasteiger partial charge in [-0.15, -0.1) is 0 Å². The molecule has 2 heterocycles. The van der Waals surface area contributed by atoms with Crippen molar-refractivity contribution in [1.29, 1.82) is 0 Å². The molecule has 204 valence electrons. The van der Waals surface area contributed by atoms with Crippen LogP contribution in [-0.2, 0) is 17.0 Å². The second kappa shape index (κ2) is 10.5. The quantitative estimate of drug-likeness (QED) is 0.219. The van der Waals surface area contributed by atoms with E-state index in [1.165, 1.54) is 0 Å². The topological polar surface area (TPSA) is 94.2 Å². The predicted octanol–water partition coefficient (Wildman–Crippen LogP) is 8.50. The number of halogens is 3. The molecule has 1 aliphatic carbocycles. The number of ether oxygens (including phenoxy) is 1. The SMILES string of the molecule is CC1(c2ccc(OCc3c(-c4c(Cl)cccc4Cl)noc3C3CC3)cc2Cl)CC(c2ccc(C(=O)O)cc2)=NO1. The Kier molecular flexibility index (Phi) is 6.98. The first-order valence-corrected chi connectivity index (χ1v) is 13.8. The van der Waals surface area contributed by atoms with Crippen LogP contribution in [-0.4, -0.2) is 21.9 Å². The number of nitrogens with zero attached hydrogens (tertiary/aromatic N) is 2. The molecule has 1 aliphatic heterocycles. The van der Waals surface area contributed by atoms with Crippen LogP contribution < -0.4 is 4.74 Å². The van der Waals surface area contributed by atoms with Gasteiger partial charge in [-0.3, -0.25) is 0 Å². The third kappa shape index (κ3) is 5.05. The highest BCUT2D eigenvalue weighted by Crippen LogP contribution is 2.46. The van der Waals surface area contributed by atoms with Gasteiger partial charge in [-0.05, 0) is 67.8 Å². The maximum Gasteiger partial charge on any atom is 0.335 e. The zero-order valence-electron chi connectivity index (χ0n) is 21.3. The molecule has 0 bridgehead atoms. The second-order valence-electron chi connectivity index (χ2n) is 10.1. The van der Waals surface area contributed by atoms with Crippen molar-refractivity contribution in [2.45, 2.75) is 44.3 Å². The highest BCUT2D eigenvalue weighted by molar-refractivity contribution is 6.39. The Morgan fingerprint density at radius 1 is 1.05 bits per heavy atom. The second-order valence-corrected chi connectivity index (χ2v) is 11.3. The Morgan fingerprint density at radius 2 is 1.77 bits per heavy atom. The van der Waals surface area contributed by atoms with Crippen LogP contribution in [0.25, 0.3) is 11.3 Å². The van der Waals surface area contributed by atoms with Crippen LogP contribution in [0.1, 0.15) is 64.9 Å². The van der Waals surface area contributed by atoms with Gasteiger partial charge >= 0.3 is 5.97 Å². The smallest absolute Gasteiger partial charge is 0.335 e. The van der Waals surface area contributed by atoms with E-state index in [0.29, 0.717) is 50.1 Å². The number of aromatic carboxylic acids is 1. The summed E-state index contributed by atoms with van der Waals surface area (Å²) < 4.78 is 11.9. The first kappa shape index (κ1) is 26.7. The van der Waals surface area contributed by atoms with E-state index >= 15 is 0 Å². The number of carbonyl (C=O) groups is 1. The van der Waals surface area contributed by atoms with Crippen LogP contribution in [0, 0.1) is 0 Å². The number of hydrogen-bond acceptors (Lipinski definition) is 6. The number of rotatable bonds is 8. The third-order valence-electron chi connectivity index (χ3n) is 7.19. The fourth-order valence-corrected chi connectivity index (χ4v) is 5.81. The summed E-state index contributed by atoms with van der Waals surface area (Å²) in [6.45, 7) is 2.12. The van der Waals surface area contributed by atoms with Gasteiger partial charge in [0, 0.05) is 23.5 Å². The van der Waals surface area contributed by atoms with Gasteiger partial charge in [-0.25, -0.2) is 4.79 Å². The Morgan fingerprint density at radius 3 is 2.42 bits per heavy atom. The summed E-state index contributed by atoms with van der Waals surface area (Å²) in [4.78, 5) is 17.0. The summed E-state index contributed by atoms with van der Waals surface area (Å²) in [5, 5.41) is 19.2. The summed E-state index contributed by atoms with van der Waals surface area (Å²) in [5.74, 6) is 0.689. The molecule has 1 aromatic heterocycles. The minimum Gasteiger partial charge on any atom is -0.489 e. The van der Waals surface area contributed by atoms with E-state index in [1.807, 2.05) is 19.1 Å². The van der Waals surface area contributed by atoms with Crippen molar-refractivity contribution in [2.75, 3.05) is 0 Å². The number of hydrogen-bond donors (Lipinski definition) is 1. The first-order chi connectivity index (χ1) is 19.2. The number of aromatic nitrogens is 1. The maximum absolute atomic E-state index is 11.2. The lowest BCUT2D eigenvalue weighted by Gasteiger charge is -2.23. The Bertz CT molecular complexity index is 1630. The van der Waals surface area contributed by atoms with Gasteiger partial charge in [-0.2, -0.15) is 0 Å². The van der Waals surface area contributed by atoms with Gasteiger partial charge in [0.1, 0.15) is 23.8 Å². The molecule has 1 N–H and O–H groups in total. The molecule has 1 saturated carbocycles. The number of carboxylic acid groups (broad SMARTS) is 1. The lowest BCUT2D eigenvalue weighted by atomic mass is 9.89. The molecule has 3 aromatic carbocycles. The van der Waals surface area contributed by atoms with Gasteiger partial charge in [0.2, 0.25) is 0 Å². The molecular weight excluding hydrogens is 575 g/mol. The average Bonchev–Trinajstić information content (AvgIpc) is 3.57. The monoisotopic (exact) mass is 596 g/mol. The number of carboxylic acids is 1. The van der Waals surface area contributed by atoms with Gasteiger partial charge in [0.15, 0.2) is 5.60 Å². The molecule has 1 fully saturated rings. The molecular formula is C30H23Cl3N2O5. The standard InChI is InChI=1S/C30H23Cl3N2O5/c1-30(14-25(34-40-30)16-5-9-18(10-6-16)29(36)37)21-12-11-19(13-24(21)33)38-15-20-27(35-39-28(20)17-7-8-17)26-22(31)3-2-4-23(26)32/h2-6,9-13,17H,7-8,14-15H2,1H3,(H,36,37). The molecule has 7 nitrogen and oxygen atoms in total. The molecule has 1 atom stereocenters. The van der Waals surface area contributed by atoms with Crippen molar-refractivity contribution in [3.05, 3.63) is 104 Å². The van der Waals surface area contributed by atoms with Crippen molar-refractivity contribution in [2.24, 2.45) is 5.16 Å². The fraction of sp³-hybridized carbons (Fsp3) is 0.233. The molecule has 4 aromatic rings. The Hall–Kier alpha value is -3.52. The van der Waals surface area contributed by atoms with Gasteiger partial charge in [0.25, 0.3) is 0 Å². The van der Waals surface area contributed by atoms with E-state index < -0.39 is 11.6 Å². The molecule has 2 aliphatic rings. The molecule has 40 heavy (non-hydrogen) atoms. The fourth-order valence-electron chi connectivity index (χ4n) is 4.86. The van der Waals surface area contributed by atoms with Gasteiger partial charge in [0.05, 0.1) is 31.9 Å². The average molecular weight is 598 g/mol. The lowest BCUT2D eigenvalue weighted by molar-refractivity contribution is -0.00733. The molecule has 0 amide bonds. The largest absolute Gasteiger partial charge is 0.489 e.